The second kappa shape index (κ2) is 15.3. The number of ether oxygens (including phenoxy) is 1. The molecule has 284 valence electrons. The molecule has 4 heterocycles. The fourth-order valence-corrected chi connectivity index (χ4v) is 7.74. The van der Waals surface area contributed by atoms with Gasteiger partial charge in [0.1, 0.15) is 29.6 Å². The van der Waals surface area contributed by atoms with Gasteiger partial charge in [0, 0.05) is 30.8 Å². The second-order valence-corrected chi connectivity index (χ2v) is 14.6. The first-order valence-electron chi connectivity index (χ1n) is 18.5. The van der Waals surface area contributed by atoms with Crippen molar-refractivity contribution in [3.63, 3.8) is 0 Å². The third-order valence-corrected chi connectivity index (χ3v) is 10.7. The molecule has 14 nitrogen and oxygen atoms in total. The Balaban J connectivity index is 0.995. The SMILES string of the molecule is COC(=O)N=C(C(=O)N1CCC[C@H]1C1NC=C(c2ccc(-c3ccc(-c4cnc([C@@H]5CCCN5C(=O)[C@@H](NC(=O)O)C5CC5)[nH]4)c(F)c3)cc2)N1)C(C)C. The highest BCUT2D eigenvalue weighted by Crippen LogP contribution is 2.38. The van der Waals surface area contributed by atoms with Crippen LogP contribution in [0.15, 0.2) is 59.9 Å². The van der Waals surface area contributed by atoms with Crippen molar-refractivity contribution in [2.24, 2.45) is 16.8 Å². The monoisotopic (exact) mass is 740 g/mol. The summed E-state index contributed by atoms with van der Waals surface area (Å²) in [5, 5.41) is 18.6. The lowest BCUT2D eigenvalue weighted by Crippen LogP contribution is -2.53. The average Bonchev–Trinajstić information content (AvgIpc) is 3.63. The van der Waals surface area contributed by atoms with E-state index in [1.165, 1.54) is 13.2 Å². The predicted octanol–water partition coefficient (Wildman–Crippen LogP) is 5.26. The Morgan fingerprint density at radius 3 is 2.37 bits per heavy atom. The lowest BCUT2D eigenvalue weighted by atomic mass is 10.0. The minimum Gasteiger partial charge on any atom is -0.465 e. The van der Waals surface area contributed by atoms with Gasteiger partial charge in [0.15, 0.2) is 0 Å². The van der Waals surface area contributed by atoms with Crippen molar-refractivity contribution in [3.8, 4) is 22.4 Å². The molecule has 0 bridgehead atoms. The van der Waals surface area contributed by atoms with Gasteiger partial charge in [-0.25, -0.2) is 19.0 Å². The Kier molecular flexibility index (Phi) is 10.4. The van der Waals surface area contributed by atoms with E-state index in [1.54, 1.807) is 22.1 Å². The normalized spacial score (nSPS) is 21.8. The van der Waals surface area contributed by atoms with Gasteiger partial charge in [-0.1, -0.05) is 44.2 Å². The van der Waals surface area contributed by atoms with E-state index in [4.69, 9.17) is 0 Å². The van der Waals surface area contributed by atoms with E-state index in [-0.39, 0.29) is 47.6 Å². The number of carbonyl (C=O) groups is 4. The highest BCUT2D eigenvalue weighted by Gasteiger charge is 2.43. The molecule has 2 aromatic carbocycles. The third-order valence-electron chi connectivity index (χ3n) is 10.7. The Morgan fingerprint density at radius 2 is 1.69 bits per heavy atom. The molecule has 5 N–H and O–H groups in total. The van der Waals surface area contributed by atoms with Gasteiger partial charge in [-0.3, -0.25) is 9.59 Å². The first-order valence-corrected chi connectivity index (χ1v) is 18.5. The zero-order valence-corrected chi connectivity index (χ0v) is 30.5. The van der Waals surface area contributed by atoms with Crippen LogP contribution in [0.4, 0.5) is 14.0 Å². The van der Waals surface area contributed by atoms with Gasteiger partial charge in [-0.05, 0) is 73.3 Å². The molecule has 4 atom stereocenters. The van der Waals surface area contributed by atoms with Crippen LogP contribution >= 0.6 is 0 Å². The summed E-state index contributed by atoms with van der Waals surface area (Å²) in [5.41, 5.74) is 4.33. The number of amides is 4. The molecule has 1 saturated carbocycles. The number of hydrogen-bond acceptors (Lipinski definition) is 8. The molecule has 7 rings (SSSR count). The summed E-state index contributed by atoms with van der Waals surface area (Å²) < 4.78 is 20.3. The number of carbonyl (C=O) groups excluding carboxylic acids is 3. The number of benzene rings is 2. The Hall–Kier alpha value is -5.73. The van der Waals surface area contributed by atoms with E-state index < -0.39 is 24.0 Å². The van der Waals surface area contributed by atoms with Crippen molar-refractivity contribution >= 4 is 35.4 Å². The smallest absolute Gasteiger partial charge is 0.433 e. The molecule has 1 unspecified atom stereocenters. The molecule has 2 saturated heterocycles. The maximum atomic E-state index is 15.7. The molecule has 15 heteroatoms. The van der Waals surface area contributed by atoms with Crippen LogP contribution in [0.2, 0.25) is 0 Å². The number of H-pyrrole nitrogens is 1. The number of likely N-dealkylation sites (tertiary alicyclic amines) is 2. The molecule has 3 aromatic rings. The lowest BCUT2D eigenvalue weighted by molar-refractivity contribution is -0.135. The molecule has 3 aliphatic heterocycles. The fourth-order valence-electron chi connectivity index (χ4n) is 7.74. The highest BCUT2D eigenvalue weighted by molar-refractivity contribution is 6.40. The molecule has 4 amide bonds. The van der Waals surface area contributed by atoms with Crippen molar-refractivity contribution in [2.45, 2.75) is 76.7 Å². The zero-order chi connectivity index (χ0) is 38.1. The van der Waals surface area contributed by atoms with Crippen LogP contribution in [0.5, 0.6) is 0 Å². The van der Waals surface area contributed by atoms with Crippen molar-refractivity contribution in [1.29, 1.82) is 0 Å². The van der Waals surface area contributed by atoms with Crippen LogP contribution in [-0.2, 0) is 14.3 Å². The van der Waals surface area contributed by atoms with Crippen molar-refractivity contribution in [2.75, 3.05) is 20.2 Å². The number of nitrogens with zero attached hydrogens (tertiary/aromatic N) is 4. The third kappa shape index (κ3) is 7.52. The predicted molar refractivity (Wildman–Crippen MR) is 198 cm³/mol. The van der Waals surface area contributed by atoms with E-state index >= 15 is 4.39 Å². The number of carboxylic acid groups (broad SMARTS) is 1. The number of halogens is 1. The minimum absolute atomic E-state index is 0.0134. The molecule has 0 radical (unpaired) electrons. The molecule has 0 spiro atoms. The average molecular weight is 741 g/mol. The van der Waals surface area contributed by atoms with E-state index in [1.807, 2.05) is 50.4 Å². The van der Waals surface area contributed by atoms with Crippen molar-refractivity contribution < 1.29 is 33.4 Å². The standard InChI is InChI=1S/C39H45FN8O6/c1-21(2)32(46-39(53)54-3)36(49)47-16-4-6-30(47)34-41-19-28(43-34)23-10-8-22(9-11-23)25-14-15-26(27(40)18-25)29-20-42-35(44-29)31-7-5-17-48(31)37(50)33(24-12-13-24)45-38(51)52/h8-11,14-15,18-21,24,30-31,33-34,41,43,45H,4-7,12-13,16-17H2,1-3H3,(H,42,44)(H,51,52)/t30-,31-,33-,34?/m0/s1. The molecule has 4 aliphatic rings. The van der Waals surface area contributed by atoms with Gasteiger partial charge in [-0.15, -0.1) is 0 Å². The van der Waals surface area contributed by atoms with Crippen molar-refractivity contribution in [3.05, 3.63) is 72.1 Å². The molecular formula is C39H45FN8O6. The summed E-state index contributed by atoms with van der Waals surface area (Å²) in [6.45, 7) is 4.71. The van der Waals surface area contributed by atoms with Crippen LogP contribution in [0, 0.1) is 17.7 Å². The first kappa shape index (κ1) is 36.6. The number of aliphatic imine (C=N–C) groups is 1. The molecule has 3 fully saturated rings. The van der Waals surface area contributed by atoms with Crippen LogP contribution in [0.25, 0.3) is 28.1 Å². The number of aromatic amines is 1. The molecular weight excluding hydrogens is 695 g/mol. The number of nitrogens with one attached hydrogen (secondary N) is 4. The summed E-state index contributed by atoms with van der Waals surface area (Å²) in [6.07, 6.45) is 5.90. The molecule has 1 aliphatic carbocycles. The van der Waals surface area contributed by atoms with Gasteiger partial charge in [0.25, 0.3) is 5.91 Å². The summed E-state index contributed by atoms with van der Waals surface area (Å²) in [7, 11) is 1.24. The minimum atomic E-state index is -1.21. The largest absolute Gasteiger partial charge is 0.465 e. The fraction of sp³-hybridized carbons (Fsp3) is 0.436. The van der Waals surface area contributed by atoms with Gasteiger partial charge in [0.2, 0.25) is 5.91 Å². The van der Waals surface area contributed by atoms with Crippen LogP contribution in [0.1, 0.15) is 69.8 Å². The summed E-state index contributed by atoms with van der Waals surface area (Å²) >= 11 is 0. The van der Waals surface area contributed by atoms with Gasteiger partial charge >= 0.3 is 12.2 Å². The second-order valence-electron chi connectivity index (χ2n) is 14.6. The Morgan fingerprint density at radius 1 is 0.981 bits per heavy atom. The van der Waals surface area contributed by atoms with Crippen LogP contribution < -0.4 is 16.0 Å². The molecule has 54 heavy (non-hydrogen) atoms. The van der Waals surface area contributed by atoms with E-state index in [9.17, 15) is 24.3 Å². The van der Waals surface area contributed by atoms with Crippen LogP contribution in [-0.4, -0.2) is 93.0 Å². The van der Waals surface area contributed by atoms with E-state index in [0.29, 0.717) is 42.2 Å². The number of hydrogen-bond donors (Lipinski definition) is 5. The lowest BCUT2D eigenvalue weighted by Gasteiger charge is -2.31. The quantitative estimate of drug-likeness (QED) is 0.173. The van der Waals surface area contributed by atoms with E-state index in [2.05, 4.69) is 35.6 Å². The Bertz CT molecular complexity index is 1990. The Labute approximate surface area is 312 Å². The number of methoxy groups -OCH3 is 1. The van der Waals surface area contributed by atoms with Gasteiger partial charge < -0.3 is 40.6 Å². The maximum Gasteiger partial charge on any atom is 0.433 e. The summed E-state index contributed by atoms with van der Waals surface area (Å²) in [4.78, 5) is 65.2. The van der Waals surface area contributed by atoms with Crippen molar-refractivity contribution in [1.82, 2.24) is 35.7 Å². The highest BCUT2D eigenvalue weighted by atomic mass is 19.1. The van der Waals surface area contributed by atoms with E-state index in [0.717, 1.165) is 48.9 Å². The summed E-state index contributed by atoms with van der Waals surface area (Å²) in [6, 6.07) is 11.5. The first-order chi connectivity index (χ1) is 26.0. The number of imidazole rings is 1. The van der Waals surface area contributed by atoms with Gasteiger partial charge in [-0.2, -0.15) is 4.99 Å². The summed E-state index contributed by atoms with van der Waals surface area (Å²) in [5.74, 6) is -0.626. The number of rotatable bonds is 10. The maximum absolute atomic E-state index is 15.7. The zero-order valence-electron chi connectivity index (χ0n) is 30.5. The van der Waals surface area contributed by atoms with Crippen LogP contribution in [0.3, 0.4) is 0 Å². The topological polar surface area (TPSA) is 181 Å². The van der Waals surface area contributed by atoms with Gasteiger partial charge in [0.05, 0.1) is 36.8 Å². The number of aromatic nitrogens is 2. The molecule has 1 aromatic heterocycles.